The highest BCUT2D eigenvalue weighted by Gasteiger charge is 2.24. The van der Waals surface area contributed by atoms with Crippen LogP contribution in [0.1, 0.15) is 41.4 Å². The quantitative estimate of drug-likeness (QED) is 0.424. The zero-order chi connectivity index (χ0) is 25.0. The Balaban J connectivity index is 2.29. The number of methoxy groups -OCH3 is 1. The lowest BCUT2D eigenvalue weighted by Crippen LogP contribution is -2.33. The van der Waals surface area contributed by atoms with Crippen LogP contribution in [0.4, 0.5) is 4.39 Å². The maximum atomic E-state index is 14.5. The summed E-state index contributed by atoms with van der Waals surface area (Å²) >= 11 is 5.91. The summed E-state index contributed by atoms with van der Waals surface area (Å²) in [5, 5.41) is 21.6. The molecule has 0 fully saturated rings. The lowest BCUT2D eigenvalue weighted by molar-refractivity contribution is 0.0942. The van der Waals surface area contributed by atoms with Crippen molar-refractivity contribution >= 4 is 28.5 Å². The van der Waals surface area contributed by atoms with Gasteiger partial charge >= 0.3 is 0 Å². The Kier molecular flexibility index (Phi) is 8.24. The van der Waals surface area contributed by atoms with Gasteiger partial charge in [-0.1, -0.05) is 37.6 Å². The fourth-order valence-electron chi connectivity index (χ4n) is 3.79. The van der Waals surface area contributed by atoms with Gasteiger partial charge < -0.3 is 24.8 Å². The van der Waals surface area contributed by atoms with Crippen LogP contribution in [-0.2, 0) is 6.42 Å². The van der Waals surface area contributed by atoms with E-state index >= 15 is 0 Å². The molecule has 0 saturated carbocycles. The van der Waals surface area contributed by atoms with E-state index in [2.05, 4.69) is 10.3 Å². The number of carbonyl (C=O) groups excluding carboxylic acids is 1. The number of nitrogens with one attached hydrogen (secondary N) is 1. The van der Waals surface area contributed by atoms with Gasteiger partial charge in [-0.15, -0.1) is 0 Å². The second kappa shape index (κ2) is 10.9. The molecule has 0 spiro atoms. The van der Waals surface area contributed by atoms with E-state index in [9.17, 15) is 19.1 Å². The normalized spacial score (nSPS) is 12.2. The fraction of sp³-hybridized carbons (Fsp3) is 0.375. The number of hydrogen-bond donors (Lipinski definition) is 3. The molecule has 3 aromatic rings. The zero-order valence-electron chi connectivity index (χ0n) is 19.1. The van der Waals surface area contributed by atoms with Crippen molar-refractivity contribution in [2.75, 3.05) is 26.9 Å². The van der Waals surface area contributed by atoms with Crippen LogP contribution in [0.15, 0.2) is 35.3 Å². The Labute approximate surface area is 201 Å². The SMILES string of the molecule is COc1nc2c(cc1Cc1cccc(Cl)c1F)c(=O)c(C(=O)NCCO)cn2[C@H](CO)C(C)C. The molecule has 3 rings (SSSR count). The molecule has 3 N–H and O–H groups in total. The molecule has 182 valence electrons. The van der Waals surface area contributed by atoms with Gasteiger partial charge in [0, 0.05) is 24.7 Å². The lowest BCUT2D eigenvalue weighted by Gasteiger charge is -2.25. The van der Waals surface area contributed by atoms with Crippen molar-refractivity contribution in [2.45, 2.75) is 26.3 Å². The third-order valence-corrected chi connectivity index (χ3v) is 5.90. The monoisotopic (exact) mass is 491 g/mol. The van der Waals surface area contributed by atoms with Crippen LogP contribution >= 0.6 is 11.6 Å². The molecule has 1 aromatic carbocycles. The van der Waals surface area contributed by atoms with Crippen molar-refractivity contribution < 1.29 is 24.1 Å². The minimum Gasteiger partial charge on any atom is -0.481 e. The van der Waals surface area contributed by atoms with Crippen LogP contribution in [0.5, 0.6) is 5.88 Å². The number of aliphatic hydroxyl groups is 2. The molecule has 2 aromatic heterocycles. The summed E-state index contributed by atoms with van der Waals surface area (Å²) in [4.78, 5) is 30.5. The van der Waals surface area contributed by atoms with Gasteiger partial charge in [-0.05, 0) is 23.6 Å². The number of benzene rings is 1. The first-order valence-corrected chi connectivity index (χ1v) is 11.2. The third-order valence-electron chi connectivity index (χ3n) is 5.61. The first-order chi connectivity index (χ1) is 16.2. The van der Waals surface area contributed by atoms with Crippen LogP contribution in [0, 0.1) is 11.7 Å². The average Bonchev–Trinajstić information content (AvgIpc) is 2.81. The second-order valence-electron chi connectivity index (χ2n) is 8.17. The van der Waals surface area contributed by atoms with Crippen LogP contribution < -0.4 is 15.5 Å². The molecule has 0 aliphatic heterocycles. The lowest BCUT2D eigenvalue weighted by atomic mass is 10.0. The standard InChI is InChI=1S/C24H27ClFN3O5/c1-13(2)19(12-31)29-11-17(23(33)27-7-8-30)21(32)16-10-15(24(34-3)28-22(16)29)9-14-5-4-6-18(25)20(14)26/h4-6,10-11,13,19,30-31H,7-9,12H2,1-3H3,(H,27,33)/t19-/m1/s1. The van der Waals surface area contributed by atoms with Gasteiger partial charge in [-0.3, -0.25) is 9.59 Å². The number of amides is 1. The van der Waals surface area contributed by atoms with Crippen molar-refractivity contribution in [3.05, 3.63) is 68.2 Å². The van der Waals surface area contributed by atoms with E-state index < -0.39 is 23.2 Å². The van der Waals surface area contributed by atoms with Crippen LogP contribution in [-0.4, -0.2) is 52.5 Å². The van der Waals surface area contributed by atoms with E-state index in [1.54, 1.807) is 16.7 Å². The van der Waals surface area contributed by atoms with E-state index in [-0.39, 0.29) is 59.6 Å². The average molecular weight is 492 g/mol. The van der Waals surface area contributed by atoms with Crippen molar-refractivity contribution in [1.82, 2.24) is 14.9 Å². The van der Waals surface area contributed by atoms with E-state index in [1.165, 1.54) is 25.4 Å². The summed E-state index contributed by atoms with van der Waals surface area (Å²) in [6.07, 6.45) is 1.41. The molecule has 0 saturated heterocycles. The Morgan fingerprint density at radius 1 is 1.29 bits per heavy atom. The molecular weight excluding hydrogens is 465 g/mol. The molecule has 0 bridgehead atoms. The molecule has 0 unspecified atom stereocenters. The predicted octanol–water partition coefficient (Wildman–Crippen LogP) is 2.70. The number of carbonyl (C=O) groups is 1. The maximum absolute atomic E-state index is 14.5. The summed E-state index contributed by atoms with van der Waals surface area (Å²) < 4.78 is 21.6. The van der Waals surface area contributed by atoms with Gasteiger partial charge in [0.05, 0.1) is 36.8 Å². The largest absolute Gasteiger partial charge is 0.481 e. The topological polar surface area (TPSA) is 114 Å². The summed E-state index contributed by atoms with van der Waals surface area (Å²) in [7, 11) is 1.41. The number of rotatable bonds is 9. The molecule has 10 heteroatoms. The Bertz CT molecular complexity index is 1260. The molecule has 0 aliphatic carbocycles. The number of hydrogen-bond acceptors (Lipinski definition) is 6. The van der Waals surface area contributed by atoms with Crippen molar-refractivity contribution in [1.29, 1.82) is 0 Å². The molecule has 2 heterocycles. The number of aliphatic hydroxyl groups excluding tert-OH is 2. The molecule has 34 heavy (non-hydrogen) atoms. The highest BCUT2D eigenvalue weighted by atomic mass is 35.5. The number of pyridine rings is 2. The van der Waals surface area contributed by atoms with Gasteiger partial charge in [0.15, 0.2) is 0 Å². The minimum absolute atomic E-state index is 0.0237. The first-order valence-electron chi connectivity index (χ1n) is 10.8. The number of aromatic nitrogens is 2. The Morgan fingerprint density at radius 2 is 2.03 bits per heavy atom. The highest BCUT2D eigenvalue weighted by Crippen LogP contribution is 2.29. The van der Waals surface area contributed by atoms with Crippen LogP contribution in [0.3, 0.4) is 0 Å². The van der Waals surface area contributed by atoms with Crippen molar-refractivity contribution in [3.63, 3.8) is 0 Å². The van der Waals surface area contributed by atoms with Crippen LogP contribution in [0.2, 0.25) is 5.02 Å². The number of ether oxygens (including phenoxy) is 1. The number of fused-ring (bicyclic) bond motifs is 1. The molecule has 1 amide bonds. The fourth-order valence-corrected chi connectivity index (χ4v) is 3.98. The third kappa shape index (κ3) is 5.06. The highest BCUT2D eigenvalue weighted by molar-refractivity contribution is 6.30. The van der Waals surface area contributed by atoms with E-state index in [1.807, 2.05) is 13.8 Å². The van der Waals surface area contributed by atoms with Gasteiger partial charge in [-0.2, -0.15) is 4.98 Å². The van der Waals surface area contributed by atoms with E-state index in [4.69, 9.17) is 21.4 Å². The van der Waals surface area contributed by atoms with Crippen LogP contribution in [0.25, 0.3) is 11.0 Å². The first kappa shape index (κ1) is 25.6. The molecule has 8 nitrogen and oxygen atoms in total. The van der Waals surface area contributed by atoms with E-state index in [0.717, 1.165) is 0 Å². The van der Waals surface area contributed by atoms with Gasteiger partial charge in [0.2, 0.25) is 11.3 Å². The van der Waals surface area contributed by atoms with Gasteiger partial charge in [-0.25, -0.2) is 4.39 Å². The van der Waals surface area contributed by atoms with Crippen molar-refractivity contribution in [2.24, 2.45) is 5.92 Å². The Hall–Kier alpha value is -3.01. The molecule has 0 aliphatic rings. The summed E-state index contributed by atoms with van der Waals surface area (Å²) in [6, 6.07) is 5.67. The second-order valence-corrected chi connectivity index (χ2v) is 8.58. The smallest absolute Gasteiger partial charge is 0.256 e. The summed E-state index contributed by atoms with van der Waals surface area (Å²) in [6.45, 7) is 3.22. The maximum Gasteiger partial charge on any atom is 0.256 e. The summed E-state index contributed by atoms with van der Waals surface area (Å²) in [5.41, 5.74) is 0.206. The van der Waals surface area contributed by atoms with E-state index in [0.29, 0.717) is 11.1 Å². The zero-order valence-corrected chi connectivity index (χ0v) is 19.9. The predicted molar refractivity (Wildman–Crippen MR) is 127 cm³/mol. The van der Waals surface area contributed by atoms with Crippen molar-refractivity contribution in [3.8, 4) is 5.88 Å². The Morgan fingerprint density at radius 3 is 2.65 bits per heavy atom. The molecule has 0 radical (unpaired) electrons. The molecule has 1 atom stereocenters. The van der Waals surface area contributed by atoms with Gasteiger partial charge in [0.1, 0.15) is 17.0 Å². The number of halogens is 2. The molecular formula is C24H27ClFN3O5. The minimum atomic E-state index is -0.659. The van der Waals surface area contributed by atoms with Gasteiger partial charge in [0.25, 0.3) is 5.91 Å². The summed E-state index contributed by atoms with van der Waals surface area (Å²) in [5.74, 6) is -1.12. The number of nitrogens with zero attached hydrogens (tertiary/aromatic N) is 2.